The van der Waals surface area contributed by atoms with Crippen LogP contribution < -0.4 is 10.2 Å². The lowest BCUT2D eigenvalue weighted by Crippen LogP contribution is -3.19. The van der Waals surface area contributed by atoms with Crippen molar-refractivity contribution in [3.05, 3.63) is 17.0 Å². The van der Waals surface area contributed by atoms with Crippen LogP contribution in [0.25, 0.3) is 0 Å². The molecule has 0 atom stereocenters. The molecule has 0 saturated carbocycles. The van der Waals surface area contributed by atoms with Gasteiger partial charge in [-0.25, -0.2) is 0 Å². The monoisotopic (exact) mass is 197 g/mol. The molecule has 1 saturated heterocycles. The molecular weight excluding hydrogens is 178 g/mol. The predicted molar refractivity (Wildman–Crippen MR) is 52.0 cm³/mol. The summed E-state index contributed by atoms with van der Waals surface area (Å²) < 4.78 is 5.17. The number of nitrogens with two attached hydrogens (primary N) is 1. The van der Waals surface area contributed by atoms with Gasteiger partial charge in [-0.1, -0.05) is 5.16 Å². The van der Waals surface area contributed by atoms with Crippen molar-refractivity contribution in [2.75, 3.05) is 26.2 Å². The number of piperazine rings is 1. The Balaban J connectivity index is 2.02. The lowest BCUT2D eigenvalue weighted by molar-refractivity contribution is -0.958. The van der Waals surface area contributed by atoms with Crippen molar-refractivity contribution in [2.24, 2.45) is 0 Å². The lowest BCUT2D eigenvalue weighted by Gasteiger charge is -2.21. The standard InChI is InChI=1S/C10H17N3O/c1-8-10(9(2)14-12-8)7-13-5-3-11-4-6-13/h11H,3-7H2,1-2H3/p+2. The van der Waals surface area contributed by atoms with E-state index in [4.69, 9.17) is 4.52 Å². The van der Waals surface area contributed by atoms with Gasteiger partial charge in [0.15, 0.2) is 0 Å². The van der Waals surface area contributed by atoms with E-state index in [1.165, 1.54) is 31.7 Å². The SMILES string of the molecule is Cc1noc(C)c1C[NH+]1CC[NH2+]CC1. The number of aromatic nitrogens is 1. The van der Waals surface area contributed by atoms with Gasteiger partial charge in [0, 0.05) is 0 Å². The molecule has 0 aromatic carbocycles. The van der Waals surface area contributed by atoms with Crippen LogP contribution in [0.15, 0.2) is 4.52 Å². The minimum atomic E-state index is 0.990. The maximum atomic E-state index is 5.17. The van der Waals surface area contributed by atoms with Gasteiger partial charge in [-0.15, -0.1) is 0 Å². The first-order chi connectivity index (χ1) is 6.77. The second kappa shape index (κ2) is 4.11. The third-order valence-electron chi connectivity index (χ3n) is 3.01. The molecule has 4 heteroatoms. The van der Waals surface area contributed by atoms with Crippen molar-refractivity contribution in [1.29, 1.82) is 0 Å². The van der Waals surface area contributed by atoms with E-state index >= 15 is 0 Å². The van der Waals surface area contributed by atoms with Crippen molar-refractivity contribution in [3.8, 4) is 0 Å². The smallest absolute Gasteiger partial charge is 0.142 e. The van der Waals surface area contributed by atoms with E-state index in [9.17, 15) is 0 Å². The van der Waals surface area contributed by atoms with Crippen LogP contribution in [0.1, 0.15) is 17.0 Å². The Morgan fingerprint density at radius 1 is 1.36 bits per heavy atom. The Hall–Kier alpha value is -0.870. The molecule has 0 amide bonds. The summed E-state index contributed by atoms with van der Waals surface area (Å²) in [4.78, 5) is 1.65. The van der Waals surface area contributed by atoms with Crippen LogP contribution in [0.3, 0.4) is 0 Å². The molecule has 2 rings (SSSR count). The summed E-state index contributed by atoms with van der Waals surface area (Å²) >= 11 is 0. The van der Waals surface area contributed by atoms with Crippen molar-refractivity contribution < 1.29 is 14.7 Å². The molecule has 0 radical (unpaired) electrons. The molecule has 1 aromatic rings. The molecule has 3 N–H and O–H groups in total. The number of nitrogens with zero attached hydrogens (tertiary/aromatic N) is 1. The highest BCUT2D eigenvalue weighted by molar-refractivity contribution is 5.19. The highest BCUT2D eigenvalue weighted by Gasteiger charge is 2.19. The Kier molecular flexibility index (Phi) is 2.84. The molecule has 2 heterocycles. The van der Waals surface area contributed by atoms with E-state index in [0.717, 1.165) is 18.0 Å². The van der Waals surface area contributed by atoms with E-state index in [1.54, 1.807) is 4.90 Å². The number of nitrogens with one attached hydrogen (secondary N) is 1. The third kappa shape index (κ3) is 1.96. The number of aryl methyl sites for hydroxylation is 2. The number of quaternary nitrogens is 2. The summed E-state index contributed by atoms with van der Waals surface area (Å²) in [5, 5.41) is 6.37. The van der Waals surface area contributed by atoms with Crippen molar-refractivity contribution in [3.63, 3.8) is 0 Å². The van der Waals surface area contributed by atoms with Gasteiger partial charge in [-0.05, 0) is 13.8 Å². The molecule has 78 valence electrons. The molecule has 0 spiro atoms. The van der Waals surface area contributed by atoms with Crippen LogP contribution in [0, 0.1) is 13.8 Å². The highest BCUT2D eigenvalue weighted by Crippen LogP contribution is 2.09. The molecule has 4 nitrogen and oxygen atoms in total. The summed E-state index contributed by atoms with van der Waals surface area (Å²) in [6.45, 7) is 10.1. The van der Waals surface area contributed by atoms with Crippen molar-refractivity contribution in [2.45, 2.75) is 20.4 Å². The zero-order valence-corrected chi connectivity index (χ0v) is 8.97. The predicted octanol–water partition coefficient (Wildman–Crippen LogP) is -1.75. The normalized spacial score (nSPS) is 18.7. The van der Waals surface area contributed by atoms with Gasteiger partial charge < -0.3 is 14.7 Å². The fourth-order valence-corrected chi connectivity index (χ4v) is 2.06. The minimum Gasteiger partial charge on any atom is -0.361 e. The van der Waals surface area contributed by atoms with Gasteiger partial charge in [-0.3, -0.25) is 0 Å². The van der Waals surface area contributed by atoms with Crippen LogP contribution in [0.4, 0.5) is 0 Å². The Labute approximate surface area is 84.3 Å². The number of rotatable bonds is 2. The zero-order valence-electron chi connectivity index (χ0n) is 8.97. The fraction of sp³-hybridized carbons (Fsp3) is 0.700. The Bertz CT molecular complexity index is 283. The summed E-state index contributed by atoms with van der Waals surface area (Å²) in [6.07, 6.45) is 0. The molecule has 0 bridgehead atoms. The van der Waals surface area contributed by atoms with E-state index in [1.807, 2.05) is 13.8 Å². The first-order valence-electron chi connectivity index (χ1n) is 5.34. The Morgan fingerprint density at radius 3 is 2.64 bits per heavy atom. The average molecular weight is 197 g/mol. The molecule has 1 aliphatic heterocycles. The molecule has 0 aliphatic carbocycles. The van der Waals surface area contributed by atoms with Crippen LogP contribution in [0.5, 0.6) is 0 Å². The molecule has 1 aromatic heterocycles. The second-order valence-corrected chi connectivity index (χ2v) is 4.10. The van der Waals surface area contributed by atoms with Gasteiger partial charge in [-0.2, -0.15) is 0 Å². The van der Waals surface area contributed by atoms with Gasteiger partial charge in [0.25, 0.3) is 0 Å². The maximum Gasteiger partial charge on any atom is 0.142 e. The summed E-state index contributed by atoms with van der Waals surface area (Å²) in [5.74, 6) is 0.990. The first kappa shape index (κ1) is 9.68. The van der Waals surface area contributed by atoms with E-state index in [2.05, 4.69) is 10.5 Å². The minimum absolute atomic E-state index is 0.990. The summed E-state index contributed by atoms with van der Waals surface area (Å²) in [5.41, 5.74) is 2.37. The maximum absolute atomic E-state index is 5.17. The quantitative estimate of drug-likeness (QED) is 0.591. The van der Waals surface area contributed by atoms with Gasteiger partial charge in [0.1, 0.15) is 38.5 Å². The topological polar surface area (TPSA) is 47.1 Å². The number of hydrogen-bond acceptors (Lipinski definition) is 2. The second-order valence-electron chi connectivity index (χ2n) is 4.10. The molecular formula is C10H19N3O+2. The van der Waals surface area contributed by atoms with E-state index < -0.39 is 0 Å². The Morgan fingerprint density at radius 2 is 2.07 bits per heavy atom. The molecule has 1 fully saturated rings. The zero-order chi connectivity index (χ0) is 9.97. The van der Waals surface area contributed by atoms with Gasteiger partial charge in [0.2, 0.25) is 0 Å². The largest absolute Gasteiger partial charge is 0.361 e. The van der Waals surface area contributed by atoms with Gasteiger partial charge in [0.05, 0.1) is 11.3 Å². The summed E-state index contributed by atoms with van der Waals surface area (Å²) in [6, 6.07) is 0. The average Bonchev–Trinajstić information content (AvgIpc) is 2.51. The lowest BCUT2D eigenvalue weighted by atomic mass is 10.2. The van der Waals surface area contributed by atoms with Gasteiger partial charge >= 0.3 is 0 Å². The van der Waals surface area contributed by atoms with Crippen LogP contribution in [-0.4, -0.2) is 31.3 Å². The summed E-state index contributed by atoms with van der Waals surface area (Å²) in [7, 11) is 0. The van der Waals surface area contributed by atoms with Crippen LogP contribution in [0.2, 0.25) is 0 Å². The van der Waals surface area contributed by atoms with Crippen molar-refractivity contribution in [1.82, 2.24) is 5.16 Å². The number of hydrogen-bond donors (Lipinski definition) is 2. The van der Waals surface area contributed by atoms with Crippen molar-refractivity contribution >= 4 is 0 Å². The van der Waals surface area contributed by atoms with Crippen LogP contribution in [-0.2, 0) is 6.54 Å². The first-order valence-corrected chi connectivity index (χ1v) is 5.34. The van der Waals surface area contributed by atoms with E-state index in [0.29, 0.717) is 0 Å². The molecule has 0 unspecified atom stereocenters. The molecule has 1 aliphatic rings. The fourth-order valence-electron chi connectivity index (χ4n) is 2.06. The third-order valence-corrected chi connectivity index (χ3v) is 3.01. The van der Waals surface area contributed by atoms with Crippen LogP contribution >= 0.6 is 0 Å². The highest BCUT2D eigenvalue weighted by atomic mass is 16.5. The van der Waals surface area contributed by atoms with E-state index in [-0.39, 0.29) is 0 Å². The molecule has 14 heavy (non-hydrogen) atoms.